The standard InChI is InChI=1S/C26H20FNO3/c1-17-6-5-9-21(16-17)28-24(19-11-13-20(27)14-12-19)23(25(30)26(28)31)22(29)15-10-18-7-3-2-4-8-18/h2-16,24,30H,1H3/b15-10+/t24-/m1/s1. The number of nitrogens with zero attached hydrogens (tertiary/aromatic N) is 1. The van der Waals surface area contributed by atoms with Crippen molar-refractivity contribution in [3.05, 3.63) is 119 Å². The molecule has 154 valence electrons. The predicted molar refractivity (Wildman–Crippen MR) is 118 cm³/mol. The molecule has 0 radical (unpaired) electrons. The highest BCUT2D eigenvalue weighted by Crippen LogP contribution is 2.41. The topological polar surface area (TPSA) is 57.6 Å². The molecule has 0 fully saturated rings. The van der Waals surface area contributed by atoms with Crippen LogP contribution in [-0.4, -0.2) is 16.8 Å². The third kappa shape index (κ3) is 4.03. The lowest BCUT2D eigenvalue weighted by Crippen LogP contribution is -2.31. The highest BCUT2D eigenvalue weighted by molar-refractivity contribution is 6.19. The number of halogens is 1. The quantitative estimate of drug-likeness (QED) is 0.576. The molecule has 1 atom stereocenters. The van der Waals surface area contributed by atoms with Crippen LogP contribution in [0.4, 0.5) is 10.1 Å². The number of carbonyl (C=O) groups excluding carboxylic acids is 2. The summed E-state index contributed by atoms with van der Waals surface area (Å²) in [7, 11) is 0. The number of aryl methyl sites for hydroxylation is 1. The first kappa shape index (κ1) is 20.3. The Labute approximate surface area is 179 Å². The maximum Gasteiger partial charge on any atom is 0.294 e. The number of carbonyl (C=O) groups is 2. The van der Waals surface area contributed by atoms with Crippen molar-refractivity contribution in [2.45, 2.75) is 13.0 Å². The van der Waals surface area contributed by atoms with E-state index in [0.29, 0.717) is 11.3 Å². The summed E-state index contributed by atoms with van der Waals surface area (Å²) >= 11 is 0. The molecule has 0 saturated carbocycles. The van der Waals surface area contributed by atoms with E-state index in [1.165, 1.54) is 35.2 Å². The molecule has 3 aromatic carbocycles. The molecule has 4 nitrogen and oxygen atoms in total. The maximum absolute atomic E-state index is 13.5. The van der Waals surface area contributed by atoms with Gasteiger partial charge in [-0.25, -0.2) is 4.39 Å². The number of benzene rings is 3. The number of aliphatic hydroxyl groups excluding tert-OH is 1. The van der Waals surface area contributed by atoms with Crippen molar-refractivity contribution in [2.75, 3.05) is 4.90 Å². The molecule has 0 saturated heterocycles. The van der Waals surface area contributed by atoms with Gasteiger partial charge >= 0.3 is 0 Å². The first-order chi connectivity index (χ1) is 15.0. The van der Waals surface area contributed by atoms with Crippen LogP contribution in [0.25, 0.3) is 6.08 Å². The Morgan fingerprint density at radius 1 is 1.00 bits per heavy atom. The van der Waals surface area contributed by atoms with Gasteiger partial charge in [0, 0.05) is 5.69 Å². The monoisotopic (exact) mass is 413 g/mol. The van der Waals surface area contributed by atoms with E-state index in [9.17, 15) is 19.1 Å². The fraction of sp³-hybridized carbons (Fsp3) is 0.0769. The van der Waals surface area contributed by atoms with Gasteiger partial charge in [0.15, 0.2) is 11.5 Å². The summed E-state index contributed by atoms with van der Waals surface area (Å²) in [5.41, 5.74) is 2.77. The molecule has 1 amide bonds. The second-order valence-corrected chi connectivity index (χ2v) is 7.34. The zero-order chi connectivity index (χ0) is 22.0. The number of allylic oxidation sites excluding steroid dienone is 1. The maximum atomic E-state index is 13.5. The van der Waals surface area contributed by atoms with Gasteiger partial charge in [-0.3, -0.25) is 14.5 Å². The van der Waals surface area contributed by atoms with Gasteiger partial charge < -0.3 is 5.11 Å². The van der Waals surface area contributed by atoms with Crippen molar-refractivity contribution in [3.8, 4) is 0 Å². The summed E-state index contributed by atoms with van der Waals surface area (Å²) in [5, 5.41) is 10.7. The third-order valence-corrected chi connectivity index (χ3v) is 5.17. The van der Waals surface area contributed by atoms with Crippen LogP contribution in [0.1, 0.15) is 22.7 Å². The third-order valence-electron chi connectivity index (χ3n) is 5.17. The van der Waals surface area contributed by atoms with Crippen LogP contribution in [0.15, 0.2) is 96.3 Å². The first-order valence-electron chi connectivity index (χ1n) is 9.82. The molecule has 1 aliphatic heterocycles. The Kier molecular flexibility index (Phi) is 5.50. The number of hydrogen-bond donors (Lipinski definition) is 1. The van der Waals surface area contributed by atoms with Gasteiger partial charge in [-0.15, -0.1) is 0 Å². The second kappa shape index (κ2) is 8.40. The molecular formula is C26H20FNO3. The van der Waals surface area contributed by atoms with E-state index in [2.05, 4.69) is 0 Å². The van der Waals surface area contributed by atoms with Crippen molar-refractivity contribution in [2.24, 2.45) is 0 Å². The van der Waals surface area contributed by atoms with E-state index in [1.807, 2.05) is 43.3 Å². The summed E-state index contributed by atoms with van der Waals surface area (Å²) in [4.78, 5) is 27.5. The highest BCUT2D eigenvalue weighted by Gasteiger charge is 2.43. The van der Waals surface area contributed by atoms with E-state index < -0.39 is 29.3 Å². The molecule has 3 aromatic rings. The molecule has 0 bridgehead atoms. The van der Waals surface area contributed by atoms with Crippen molar-refractivity contribution in [1.82, 2.24) is 0 Å². The molecule has 0 unspecified atom stereocenters. The molecule has 4 rings (SSSR count). The van der Waals surface area contributed by atoms with Crippen molar-refractivity contribution < 1.29 is 19.1 Å². The van der Waals surface area contributed by atoms with E-state index >= 15 is 0 Å². The minimum absolute atomic E-state index is 0.0368. The lowest BCUT2D eigenvalue weighted by atomic mass is 9.95. The Hall–Kier alpha value is -3.99. The van der Waals surface area contributed by atoms with Crippen molar-refractivity contribution in [1.29, 1.82) is 0 Å². The van der Waals surface area contributed by atoms with Gasteiger partial charge in [-0.2, -0.15) is 0 Å². The van der Waals surface area contributed by atoms with Crippen LogP contribution in [0.5, 0.6) is 0 Å². The van der Waals surface area contributed by atoms with Crippen LogP contribution >= 0.6 is 0 Å². The minimum atomic E-state index is -0.872. The number of hydrogen-bond acceptors (Lipinski definition) is 3. The average molecular weight is 413 g/mol. The molecular weight excluding hydrogens is 393 g/mol. The molecule has 31 heavy (non-hydrogen) atoms. The summed E-state index contributed by atoms with van der Waals surface area (Å²) in [6.45, 7) is 1.89. The van der Waals surface area contributed by atoms with E-state index in [0.717, 1.165) is 11.1 Å². The summed E-state index contributed by atoms with van der Waals surface area (Å²) in [6.07, 6.45) is 2.97. The zero-order valence-corrected chi connectivity index (χ0v) is 16.8. The molecule has 0 spiro atoms. The molecule has 0 aromatic heterocycles. The highest BCUT2D eigenvalue weighted by atomic mass is 19.1. The van der Waals surface area contributed by atoms with Crippen LogP contribution in [0, 0.1) is 12.7 Å². The Balaban J connectivity index is 1.79. The van der Waals surface area contributed by atoms with Gasteiger partial charge in [0.1, 0.15) is 5.82 Å². The minimum Gasteiger partial charge on any atom is -0.503 e. The van der Waals surface area contributed by atoms with E-state index in [1.54, 1.807) is 24.3 Å². The molecule has 1 N–H and O–H groups in total. The Bertz CT molecular complexity index is 1200. The summed E-state index contributed by atoms with van der Waals surface area (Å²) < 4.78 is 13.5. The summed E-state index contributed by atoms with van der Waals surface area (Å²) in [6, 6.07) is 21.2. The molecule has 5 heteroatoms. The van der Waals surface area contributed by atoms with Crippen LogP contribution in [0.3, 0.4) is 0 Å². The number of rotatable bonds is 5. The largest absolute Gasteiger partial charge is 0.503 e. The zero-order valence-electron chi connectivity index (χ0n) is 16.8. The van der Waals surface area contributed by atoms with Gasteiger partial charge in [-0.1, -0.05) is 60.7 Å². The van der Waals surface area contributed by atoms with Crippen molar-refractivity contribution in [3.63, 3.8) is 0 Å². The smallest absolute Gasteiger partial charge is 0.294 e. The lowest BCUT2D eigenvalue weighted by molar-refractivity contribution is -0.117. The predicted octanol–water partition coefficient (Wildman–Crippen LogP) is 5.32. The number of aliphatic hydroxyl groups is 1. The van der Waals surface area contributed by atoms with E-state index in [4.69, 9.17) is 0 Å². The SMILES string of the molecule is Cc1cccc(N2C(=O)C(O)=C(C(=O)/C=C/c3ccccc3)[C@H]2c2ccc(F)cc2)c1. The Morgan fingerprint density at radius 3 is 2.39 bits per heavy atom. The molecule has 0 aliphatic carbocycles. The second-order valence-electron chi connectivity index (χ2n) is 7.34. The number of amides is 1. The fourth-order valence-corrected chi connectivity index (χ4v) is 3.69. The van der Waals surface area contributed by atoms with Crippen LogP contribution < -0.4 is 4.90 Å². The molecule has 1 heterocycles. The van der Waals surface area contributed by atoms with Crippen LogP contribution in [0.2, 0.25) is 0 Å². The van der Waals surface area contributed by atoms with Gasteiger partial charge in [0.05, 0.1) is 11.6 Å². The summed E-state index contributed by atoms with van der Waals surface area (Å²) in [5.74, 6) is -2.19. The Morgan fingerprint density at radius 2 is 1.71 bits per heavy atom. The normalized spacial score (nSPS) is 16.4. The fourth-order valence-electron chi connectivity index (χ4n) is 3.69. The van der Waals surface area contributed by atoms with Crippen LogP contribution in [-0.2, 0) is 9.59 Å². The lowest BCUT2D eigenvalue weighted by Gasteiger charge is -2.27. The molecule has 1 aliphatic rings. The van der Waals surface area contributed by atoms with Crippen molar-refractivity contribution >= 4 is 23.5 Å². The van der Waals surface area contributed by atoms with Gasteiger partial charge in [0.2, 0.25) is 0 Å². The number of anilines is 1. The van der Waals surface area contributed by atoms with Gasteiger partial charge in [0.25, 0.3) is 5.91 Å². The van der Waals surface area contributed by atoms with Gasteiger partial charge in [-0.05, 0) is 54.0 Å². The number of ketones is 1. The first-order valence-corrected chi connectivity index (χ1v) is 9.82. The van der Waals surface area contributed by atoms with E-state index in [-0.39, 0.29) is 5.57 Å². The average Bonchev–Trinajstić information content (AvgIpc) is 3.04.